The predicted octanol–water partition coefficient (Wildman–Crippen LogP) is 2.20. The molecule has 174 valence electrons. The second-order valence-corrected chi connectivity index (χ2v) is 11.4. The van der Waals surface area contributed by atoms with Crippen LogP contribution in [0, 0.1) is 17.8 Å². The van der Waals surface area contributed by atoms with Crippen LogP contribution in [0.1, 0.15) is 48.9 Å². The molecule has 11 heteroatoms. The average molecular weight is 484 g/mol. The molecule has 0 saturated heterocycles. The van der Waals surface area contributed by atoms with Crippen molar-refractivity contribution in [2.24, 2.45) is 17.8 Å². The summed E-state index contributed by atoms with van der Waals surface area (Å²) in [5, 5.41) is 5.17. The highest BCUT2D eigenvalue weighted by Crippen LogP contribution is 2.55. The maximum absolute atomic E-state index is 12.4. The van der Waals surface area contributed by atoms with Gasteiger partial charge in [0.05, 0.1) is 10.6 Å². The summed E-state index contributed by atoms with van der Waals surface area (Å²) >= 11 is 5.90. The number of ether oxygens (including phenoxy) is 1. The van der Waals surface area contributed by atoms with Crippen molar-refractivity contribution in [3.63, 3.8) is 0 Å². The van der Waals surface area contributed by atoms with Gasteiger partial charge in [0.1, 0.15) is 4.90 Å². The number of nitrogens with one attached hydrogen (secondary N) is 3. The molecule has 0 spiro atoms. The number of hydrogen-bond donors (Lipinski definition) is 3. The molecule has 5 rings (SSSR count). The fourth-order valence-corrected chi connectivity index (χ4v) is 7.11. The van der Waals surface area contributed by atoms with Crippen LogP contribution in [0.25, 0.3) is 0 Å². The van der Waals surface area contributed by atoms with Crippen molar-refractivity contribution >= 4 is 39.5 Å². The smallest absolute Gasteiger partial charge is 0.338 e. The summed E-state index contributed by atoms with van der Waals surface area (Å²) in [7, 11) is -2.66. The molecule has 9 nitrogen and oxygen atoms in total. The number of halogens is 1. The lowest BCUT2D eigenvalue weighted by Crippen LogP contribution is -2.62. The Labute approximate surface area is 191 Å². The Balaban J connectivity index is 1.30. The molecule has 4 aliphatic rings. The molecule has 0 unspecified atom stereocenters. The summed E-state index contributed by atoms with van der Waals surface area (Å²) in [6.07, 6.45) is 6.55. The van der Waals surface area contributed by atoms with Gasteiger partial charge in [-0.05, 0) is 81.5 Å². The molecule has 0 aromatic heterocycles. The molecule has 1 aromatic carbocycles. The fraction of sp³-hybridized carbons (Fsp3) is 0.571. The van der Waals surface area contributed by atoms with E-state index in [1.807, 2.05) is 0 Å². The first-order valence-corrected chi connectivity index (χ1v) is 12.5. The van der Waals surface area contributed by atoms with Gasteiger partial charge in [0.2, 0.25) is 10.0 Å². The maximum Gasteiger partial charge on any atom is 0.338 e. The van der Waals surface area contributed by atoms with Gasteiger partial charge in [0.15, 0.2) is 6.61 Å². The first-order chi connectivity index (χ1) is 15.1. The molecule has 0 aliphatic heterocycles. The molecule has 4 saturated carbocycles. The minimum Gasteiger partial charge on any atom is -0.452 e. The molecular weight excluding hydrogens is 458 g/mol. The van der Waals surface area contributed by atoms with E-state index in [0.29, 0.717) is 17.8 Å². The summed E-state index contributed by atoms with van der Waals surface area (Å²) in [4.78, 5) is 36.5. The number of amides is 3. The molecule has 4 bridgehead atoms. The average Bonchev–Trinajstić information content (AvgIpc) is 2.70. The van der Waals surface area contributed by atoms with E-state index in [1.165, 1.54) is 38.4 Å². The number of carbonyl (C=O) groups excluding carboxylic acids is 3. The lowest BCUT2D eigenvalue weighted by Gasteiger charge is -2.56. The van der Waals surface area contributed by atoms with E-state index in [1.54, 1.807) is 0 Å². The van der Waals surface area contributed by atoms with Gasteiger partial charge in [0.25, 0.3) is 5.91 Å². The normalized spacial score (nSPS) is 28.2. The lowest BCUT2D eigenvalue weighted by atomic mass is 9.53. The van der Waals surface area contributed by atoms with Crippen LogP contribution in [0.15, 0.2) is 23.1 Å². The molecule has 3 N–H and O–H groups in total. The number of urea groups is 1. The SMILES string of the molecule is CNS(=O)(=O)c1cc(C(=O)OCC(=O)NC(=O)NC23CC4CC(CC(C4)C2)C3)ccc1Cl. The molecule has 3 amide bonds. The maximum atomic E-state index is 12.4. The highest BCUT2D eigenvalue weighted by molar-refractivity contribution is 7.89. The second kappa shape index (κ2) is 8.64. The van der Waals surface area contributed by atoms with Gasteiger partial charge < -0.3 is 10.1 Å². The van der Waals surface area contributed by atoms with E-state index in [9.17, 15) is 22.8 Å². The molecule has 4 fully saturated rings. The first-order valence-electron chi connectivity index (χ1n) is 10.6. The number of rotatable bonds is 6. The Hall–Kier alpha value is -2.17. The van der Waals surface area contributed by atoms with Gasteiger partial charge >= 0.3 is 12.0 Å². The molecule has 32 heavy (non-hydrogen) atoms. The Morgan fingerprint density at radius 2 is 1.69 bits per heavy atom. The topological polar surface area (TPSA) is 131 Å². The predicted molar refractivity (Wildman–Crippen MR) is 116 cm³/mol. The summed E-state index contributed by atoms with van der Waals surface area (Å²) in [6, 6.07) is 3.02. The van der Waals surface area contributed by atoms with Crippen LogP contribution in [0.2, 0.25) is 5.02 Å². The summed E-state index contributed by atoms with van der Waals surface area (Å²) in [5.74, 6) is 0.265. The zero-order valence-electron chi connectivity index (χ0n) is 17.6. The van der Waals surface area contributed by atoms with Crippen molar-refractivity contribution in [1.29, 1.82) is 0 Å². The van der Waals surface area contributed by atoms with Crippen LogP contribution >= 0.6 is 11.6 Å². The Morgan fingerprint density at radius 1 is 1.09 bits per heavy atom. The molecular formula is C21H26ClN3O6S. The van der Waals surface area contributed by atoms with Crippen LogP contribution in [0.4, 0.5) is 4.79 Å². The highest BCUT2D eigenvalue weighted by atomic mass is 35.5. The fourth-order valence-electron chi connectivity index (χ4n) is 5.86. The van der Waals surface area contributed by atoms with Crippen molar-refractivity contribution in [2.45, 2.75) is 49.0 Å². The summed E-state index contributed by atoms with van der Waals surface area (Å²) in [5.41, 5.74) is -0.331. The zero-order chi connectivity index (χ0) is 23.1. The minimum absolute atomic E-state index is 0.0602. The Morgan fingerprint density at radius 3 is 2.25 bits per heavy atom. The number of esters is 1. The number of hydrogen-bond acceptors (Lipinski definition) is 6. The quantitative estimate of drug-likeness (QED) is 0.531. The van der Waals surface area contributed by atoms with Gasteiger partial charge in [-0.15, -0.1) is 0 Å². The number of sulfonamides is 1. The number of imide groups is 1. The number of carbonyl (C=O) groups is 3. The van der Waals surface area contributed by atoms with E-state index >= 15 is 0 Å². The van der Waals surface area contributed by atoms with E-state index in [-0.39, 0.29) is 21.0 Å². The minimum atomic E-state index is -3.88. The van der Waals surface area contributed by atoms with Crippen LogP contribution in [0.5, 0.6) is 0 Å². The van der Waals surface area contributed by atoms with E-state index in [2.05, 4.69) is 15.4 Å². The van der Waals surface area contributed by atoms with E-state index < -0.39 is 34.5 Å². The van der Waals surface area contributed by atoms with Gasteiger partial charge in [-0.1, -0.05) is 11.6 Å². The van der Waals surface area contributed by atoms with Gasteiger partial charge in [-0.2, -0.15) is 0 Å². The molecule has 4 aliphatic carbocycles. The lowest BCUT2D eigenvalue weighted by molar-refractivity contribution is -0.123. The Bertz CT molecular complexity index is 1020. The standard InChI is InChI=1S/C21H26ClN3O6S/c1-23-32(29,30)17-7-15(2-3-16(17)22)19(27)31-11-18(26)24-20(28)25-21-8-12-4-13(9-21)6-14(5-12)10-21/h2-3,7,12-14,23H,4-6,8-11H2,1H3,(H2,24,25,26,28). The van der Waals surface area contributed by atoms with Crippen molar-refractivity contribution in [1.82, 2.24) is 15.4 Å². The molecule has 0 radical (unpaired) electrons. The summed E-state index contributed by atoms with van der Waals surface area (Å²) < 4.78 is 31.0. The first kappa shape index (κ1) is 23.0. The van der Waals surface area contributed by atoms with Crippen molar-refractivity contribution in [3.8, 4) is 0 Å². The van der Waals surface area contributed by atoms with Crippen LogP contribution in [-0.2, 0) is 19.6 Å². The zero-order valence-corrected chi connectivity index (χ0v) is 19.2. The second-order valence-electron chi connectivity index (χ2n) is 9.13. The van der Waals surface area contributed by atoms with Crippen LogP contribution in [0.3, 0.4) is 0 Å². The van der Waals surface area contributed by atoms with Gasteiger partial charge in [0, 0.05) is 5.54 Å². The highest BCUT2D eigenvalue weighted by Gasteiger charge is 2.51. The third kappa shape index (κ3) is 4.77. The van der Waals surface area contributed by atoms with Gasteiger partial charge in [-0.3, -0.25) is 10.1 Å². The monoisotopic (exact) mass is 483 g/mol. The largest absolute Gasteiger partial charge is 0.452 e. The van der Waals surface area contributed by atoms with Gasteiger partial charge in [-0.25, -0.2) is 22.7 Å². The van der Waals surface area contributed by atoms with Crippen LogP contribution < -0.4 is 15.4 Å². The summed E-state index contributed by atoms with van der Waals surface area (Å²) in [6.45, 7) is -0.677. The van der Waals surface area contributed by atoms with E-state index in [0.717, 1.165) is 25.3 Å². The van der Waals surface area contributed by atoms with Crippen molar-refractivity contribution in [2.75, 3.05) is 13.7 Å². The molecule has 1 aromatic rings. The third-order valence-electron chi connectivity index (χ3n) is 6.73. The van der Waals surface area contributed by atoms with Crippen molar-refractivity contribution in [3.05, 3.63) is 28.8 Å². The third-order valence-corrected chi connectivity index (χ3v) is 8.63. The molecule has 0 heterocycles. The number of benzene rings is 1. The Kier molecular flexibility index (Phi) is 6.21. The van der Waals surface area contributed by atoms with Crippen LogP contribution in [-0.4, -0.2) is 45.5 Å². The van der Waals surface area contributed by atoms with Crippen molar-refractivity contribution < 1.29 is 27.5 Å². The molecule has 0 atom stereocenters. The van der Waals surface area contributed by atoms with E-state index in [4.69, 9.17) is 16.3 Å².